The summed E-state index contributed by atoms with van der Waals surface area (Å²) in [6.45, 7) is 19.7. The van der Waals surface area contributed by atoms with E-state index in [2.05, 4.69) is 55.4 Å². The van der Waals surface area contributed by atoms with Crippen molar-refractivity contribution in [2.24, 2.45) is 5.41 Å². The van der Waals surface area contributed by atoms with Gasteiger partial charge in [-0.05, 0) is 5.41 Å². The van der Waals surface area contributed by atoms with Crippen molar-refractivity contribution >= 4 is 14.1 Å². The minimum Gasteiger partial charge on any atom is -0.0962 e. The fourth-order valence-electron chi connectivity index (χ4n) is 5.35. The molecular formula is C18H39Al. The van der Waals surface area contributed by atoms with E-state index in [1.165, 1.54) is 43.8 Å². The third kappa shape index (κ3) is 3.41. The van der Waals surface area contributed by atoms with Crippen LogP contribution in [0.15, 0.2) is 0 Å². The molecule has 0 N–H and O–H groups in total. The highest BCUT2D eigenvalue weighted by molar-refractivity contribution is 6.64. The minimum atomic E-state index is -0.736. The lowest BCUT2D eigenvalue weighted by Gasteiger charge is -2.54. The molecule has 0 spiro atoms. The van der Waals surface area contributed by atoms with Crippen LogP contribution in [0.4, 0.5) is 0 Å². The Balaban J connectivity index is 5.79. The zero-order valence-electron chi connectivity index (χ0n) is 15.1. The van der Waals surface area contributed by atoms with Crippen molar-refractivity contribution in [3.8, 4) is 0 Å². The minimum absolute atomic E-state index is 0.604. The van der Waals surface area contributed by atoms with Crippen molar-refractivity contribution in [1.82, 2.24) is 0 Å². The number of hydrogen-bond donors (Lipinski definition) is 0. The van der Waals surface area contributed by atoms with Gasteiger partial charge in [0.1, 0.15) is 0 Å². The topological polar surface area (TPSA) is 0 Å². The van der Waals surface area contributed by atoms with Gasteiger partial charge in [0.25, 0.3) is 14.1 Å². The summed E-state index contributed by atoms with van der Waals surface area (Å²) in [6.07, 6.45) is 8.34. The van der Waals surface area contributed by atoms with Gasteiger partial charge in [-0.25, -0.2) is 0 Å². The number of rotatable bonds is 10. The molecule has 0 heterocycles. The summed E-state index contributed by atoms with van der Waals surface area (Å²) < 4.78 is 1.67. The predicted octanol–water partition coefficient (Wildman–Crippen LogP) is 7.08. The van der Waals surface area contributed by atoms with Crippen molar-refractivity contribution in [2.45, 2.75) is 108 Å². The Morgan fingerprint density at radius 2 is 1.16 bits per heavy atom. The van der Waals surface area contributed by atoms with E-state index >= 15 is 0 Å². The molecule has 1 unspecified atom stereocenters. The molecule has 19 heavy (non-hydrogen) atoms. The molecule has 0 bridgehead atoms. The molecule has 0 radical (unpaired) electrons. The van der Waals surface area contributed by atoms with E-state index in [-0.39, 0.29) is 0 Å². The molecule has 0 aromatic rings. The first-order valence-corrected chi connectivity index (χ1v) is 11.0. The Hall–Kier alpha value is 0.532. The molecule has 0 aromatic carbocycles. The van der Waals surface area contributed by atoms with Gasteiger partial charge in [0.2, 0.25) is 0 Å². The Morgan fingerprint density at radius 3 is 1.37 bits per heavy atom. The van der Waals surface area contributed by atoms with Crippen LogP contribution in [0.3, 0.4) is 0 Å². The molecular weight excluding hydrogens is 243 g/mol. The van der Waals surface area contributed by atoms with Gasteiger partial charge in [-0.3, -0.25) is 0 Å². The molecule has 114 valence electrons. The average Bonchev–Trinajstić information content (AvgIpc) is 2.47. The van der Waals surface area contributed by atoms with Gasteiger partial charge in [-0.15, -0.1) is 0 Å². The van der Waals surface area contributed by atoms with Gasteiger partial charge in [0, 0.05) is 0 Å². The zero-order valence-corrected chi connectivity index (χ0v) is 16.3. The number of hydrogen-bond acceptors (Lipinski definition) is 0. The van der Waals surface area contributed by atoms with E-state index in [4.69, 9.17) is 0 Å². The van der Waals surface area contributed by atoms with Gasteiger partial charge in [-0.2, -0.15) is 0 Å². The third-order valence-corrected chi connectivity index (χ3v) is 12.4. The maximum Gasteiger partial charge on any atom is 0.273 e. The molecule has 0 saturated carbocycles. The first kappa shape index (κ1) is 19.5. The molecule has 0 saturated heterocycles. The third-order valence-electron chi connectivity index (χ3n) is 6.83. The lowest BCUT2D eigenvalue weighted by molar-refractivity contribution is 0.134. The zero-order chi connectivity index (χ0) is 15.1. The van der Waals surface area contributed by atoms with Crippen LogP contribution in [0.2, 0.25) is 14.3 Å². The molecule has 0 aliphatic carbocycles. The summed E-state index contributed by atoms with van der Waals surface area (Å²) in [6, 6.07) is 0. The van der Waals surface area contributed by atoms with E-state index in [0.717, 1.165) is 4.78 Å². The second kappa shape index (κ2) is 8.74. The Morgan fingerprint density at radius 1 is 0.737 bits per heavy atom. The van der Waals surface area contributed by atoms with Crippen molar-refractivity contribution in [3.63, 3.8) is 0 Å². The molecule has 0 aliphatic rings. The van der Waals surface area contributed by atoms with Gasteiger partial charge < -0.3 is 0 Å². The summed E-state index contributed by atoms with van der Waals surface area (Å²) in [7, 11) is 0. The highest BCUT2D eigenvalue weighted by Crippen LogP contribution is 2.62. The predicted molar refractivity (Wildman–Crippen MR) is 92.5 cm³/mol. The molecule has 0 aromatic heterocycles. The molecule has 1 atom stereocenters. The second-order valence-corrected chi connectivity index (χ2v) is 10.9. The largest absolute Gasteiger partial charge is 0.273 e. The average molecular weight is 282 g/mol. The van der Waals surface area contributed by atoms with Gasteiger partial charge >= 0.3 is 0 Å². The van der Waals surface area contributed by atoms with E-state index in [9.17, 15) is 0 Å². The first-order chi connectivity index (χ1) is 8.98. The van der Waals surface area contributed by atoms with E-state index in [0.29, 0.717) is 9.69 Å². The van der Waals surface area contributed by atoms with Gasteiger partial charge in [0.15, 0.2) is 0 Å². The van der Waals surface area contributed by atoms with Gasteiger partial charge in [-0.1, -0.05) is 108 Å². The molecule has 0 amide bonds. The quantitative estimate of drug-likeness (QED) is 0.376. The fourth-order valence-corrected chi connectivity index (χ4v) is 11.0. The summed E-state index contributed by atoms with van der Waals surface area (Å²) >= 11 is -0.736. The molecule has 0 fully saturated rings. The first-order valence-electron chi connectivity index (χ1n) is 8.98. The van der Waals surface area contributed by atoms with Crippen molar-refractivity contribution in [3.05, 3.63) is 0 Å². The summed E-state index contributed by atoms with van der Waals surface area (Å²) in [4.78, 5) is 0. The van der Waals surface area contributed by atoms with Crippen LogP contribution < -0.4 is 0 Å². The summed E-state index contributed by atoms with van der Waals surface area (Å²) in [5.74, 6) is 0. The van der Waals surface area contributed by atoms with Crippen LogP contribution in [0, 0.1) is 5.41 Å². The van der Waals surface area contributed by atoms with Crippen LogP contribution in [-0.2, 0) is 0 Å². The van der Waals surface area contributed by atoms with E-state index < -0.39 is 14.1 Å². The summed E-state index contributed by atoms with van der Waals surface area (Å²) in [5, 5.41) is 1.48. The highest BCUT2D eigenvalue weighted by Gasteiger charge is 2.52. The maximum atomic E-state index is 2.55. The summed E-state index contributed by atoms with van der Waals surface area (Å²) in [5.41, 5.74) is 0.604. The Labute approximate surface area is 128 Å². The Bertz CT molecular complexity index is 218. The molecule has 0 aliphatic heterocycles. The van der Waals surface area contributed by atoms with Crippen molar-refractivity contribution in [2.75, 3.05) is 0 Å². The van der Waals surface area contributed by atoms with Crippen LogP contribution in [0.1, 0.15) is 93.9 Å². The molecule has 1 heteroatoms. The fraction of sp³-hybridized carbons (Fsp3) is 1.00. The normalized spacial score (nSPS) is 14.5. The lowest BCUT2D eigenvalue weighted by Crippen LogP contribution is -2.47. The van der Waals surface area contributed by atoms with Crippen LogP contribution in [0.5, 0.6) is 0 Å². The lowest BCUT2D eigenvalue weighted by atomic mass is 9.66. The van der Waals surface area contributed by atoms with Crippen LogP contribution in [0.25, 0.3) is 0 Å². The van der Waals surface area contributed by atoms with Crippen LogP contribution >= 0.6 is 0 Å². The van der Waals surface area contributed by atoms with Gasteiger partial charge in [0.05, 0.1) is 0 Å². The van der Waals surface area contributed by atoms with E-state index in [1.54, 1.807) is 0 Å². The van der Waals surface area contributed by atoms with Crippen molar-refractivity contribution < 1.29 is 0 Å². The second-order valence-electron chi connectivity index (χ2n) is 6.60. The smallest absolute Gasteiger partial charge is 0.0962 e. The maximum absolute atomic E-state index is 2.55. The van der Waals surface area contributed by atoms with Crippen LogP contribution in [-0.4, -0.2) is 14.1 Å². The van der Waals surface area contributed by atoms with Crippen molar-refractivity contribution in [1.29, 1.82) is 0 Å². The standard InChI is InChI=1S/C12H25.C4H9.C2H5.Al/c1-6-11(7-2)12(8-3,9-4)10-5;1-3-4-2;1-2;/h6-10H2,1-5H3;3H,4H2,1-2H3;1H2,2H3;. The van der Waals surface area contributed by atoms with E-state index in [1.807, 2.05) is 0 Å². The SMILES string of the molecule is CC[CH](C)[Al]([CH2]C)[C](CC)(CC)C(CC)(CC)CC. The molecule has 0 nitrogen and oxygen atoms in total. The monoisotopic (exact) mass is 282 g/mol. The highest BCUT2D eigenvalue weighted by atomic mass is 27.2. The Kier molecular flexibility index (Phi) is 8.98. The molecule has 0 rings (SSSR count).